The van der Waals surface area contributed by atoms with Gasteiger partial charge in [0, 0.05) is 32.4 Å². The highest BCUT2D eigenvalue weighted by Gasteiger charge is 2.24. The zero-order chi connectivity index (χ0) is 15.4. The molecule has 114 valence electrons. The first-order valence-corrected chi connectivity index (χ1v) is 7.60. The molecule has 6 nitrogen and oxygen atoms in total. The van der Waals surface area contributed by atoms with E-state index in [4.69, 9.17) is 0 Å². The lowest BCUT2D eigenvalue weighted by Crippen LogP contribution is -2.52. The lowest BCUT2D eigenvalue weighted by Gasteiger charge is -2.35. The van der Waals surface area contributed by atoms with Gasteiger partial charge in [-0.25, -0.2) is 4.98 Å². The molecule has 2 rings (SSSR count). The topological polar surface area (TPSA) is 56.8 Å². The number of nitrogens with zero attached hydrogens (tertiary/aromatic N) is 4. The summed E-state index contributed by atoms with van der Waals surface area (Å²) < 4.78 is 0.707. The minimum absolute atomic E-state index is 0.0327. The van der Waals surface area contributed by atoms with Gasteiger partial charge >= 0.3 is 0 Å². The van der Waals surface area contributed by atoms with Gasteiger partial charge in [0.25, 0.3) is 5.91 Å². The van der Waals surface area contributed by atoms with Crippen LogP contribution in [0.25, 0.3) is 0 Å². The lowest BCUT2D eigenvalue weighted by atomic mass is 10.2. The fraction of sp³-hybridized carbons (Fsp3) is 0.500. The van der Waals surface area contributed by atoms with E-state index in [1.165, 1.54) is 0 Å². The average molecular weight is 355 g/mol. The Balaban J connectivity index is 1.90. The molecule has 2 heterocycles. The van der Waals surface area contributed by atoms with Crippen LogP contribution in [0.3, 0.4) is 0 Å². The first-order valence-electron chi connectivity index (χ1n) is 6.80. The molecule has 0 aliphatic carbocycles. The standard InChI is InChI=1S/C14H19BrN4O2/c1-17(2)10-13(20)18-5-7-19(8-6-18)14(21)11-3-4-12(15)16-9-11/h3-4,9H,5-8,10H2,1-2H3. The maximum atomic E-state index is 12.3. The van der Waals surface area contributed by atoms with Crippen molar-refractivity contribution >= 4 is 27.7 Å². The molecule has 1 aliphatic heterocycles. The Hall–Kier alpha value is -1.47. The third-order valence-corrected chi connectivity index (χ3v) is 3.81. The van der Waals surface area contributed by atoms with E-state index in [0.717, 1.165) is 0 Å². The van der Waals surface area contributed by atoms with E-state index >= 15 is 0 Å². The number of piperazine rings is 1. The number of rotatable bonds is 3. The van der Waals surface area contributed by atoms with Crippen molar-refractivity contribution in [3.8, 4) is 0 Å². The Labute approximate surface area is 132 Å². The molecular formula is C14H19BrN4O2. The van der Waals surface area contributed by atoms with Crippen molar-refractivity contribution in [2.45, 2.75) is 0 Å². The van der Waals surface area contributed by atoms with Crippen molar-refractivity contribution in [1.29, 1.82) is 0 Å². The van der Waals surface area contributed by atoms with Crippen LogP contribution in [0.4, 0.5) is 0 Å². The lowest BCUT2D eigenvalue weighted by molar-refractivity contribution is -0.133. The van der Waals surface area contributed by atoms with Gasteiger partial charge in [0.2, 0.25) is 5.91 Å². The zero-order valence-electron chi connectivity index (χ0n) is 12.3. The number of carbonyl (C=O) groups is 2. The largest absolute Gasteiger partial charge is 0.338 e. The Morgan fingerprint density at radius 3 is 2.33 bits per heavy atom. The summed E-state index contributed by atoms with van der Waals surface area (Å²) in [6, 6.07) is 3.51. The fourth-order valence-electron chi connectivity index (χ4n) is 2.21. The van der Waals surface area contributed by atoms with Gasteiger partial charge in [-0.15, -0.1) is 0 Å². The second-order valence-corrected chi connectivity index (χ2v) is 6.09. The number of pyridine rings is 1. The van der Waals surface area contributed by atoms with Gasteiger partial charge in [-0.05, 0) is 42.2 Å². The number of aromatic nitrogens is 1. The molecule has 0 radical (unpaired) electrons. The van der Waals surface area contributed by atoms with Crippen LogP contribution in [0.15, 0.2) is 22.9 Å². The van der Waals surface area contributed by atoms with Crippen molar-refractivity contribution in [3.05, 3.63) is 28.5 Å². The summed E-state index contributed by atoms with van der Waals surface area (Å²) in [6.45, 7) is 2.71. The number of halogens is 1. The molecule has 0 saturated carbocycles. The summed E-state index contributed by atoms with van der Waals surface area (Å²) in [5, 5.41) is 0. The van der Waals surface area contributed by atoms with Crippen LogP contribution in [-0.2, 0) is 4.79 Å². The Morgan fingerprint density at radius 2 is 1.81 bits per heavy atom. The molecule has 1 saturated heterocycles. The molecule has 2 amide bonds. The molecule has 0 bridgehead atoms. The number of amides is 2. The van der Waals surface area contributed by atoms with Crippen LogP contribution >= 0.6 is 15.9 Å². The molecule has 1 aromatic rings. The molecule has 0 N–H and O–H groups in total. The van der Waals surface area contributed by atoms with Gasteiger partial charge in [-0.1, -0.05) is 0 Å². The van der Waals surface area contributed by atoms with E-state index in [2.05, 4.69) is 20.9 Å². The van der Waals surface area contributed by atoms with Crippen LogP contribution in [0, 0.1) is 0 Å². The second kappa shape index (κ2) is 7.00. The highest BCUT2D eigenvalue weighted by atomic mass is 79.9. The Bertz CT molecular complexity index is 510. The number of hydrogen-bond donors (Lipinski definition) is 0. The summed E-state index contributed by atoms with van der Waals surface area (Å²) in [5.41, 5.74) is 0.575. The second-order valence-electron chi connectivity index (χ2n) is 5.28. The van der Waals surface area contributed by atoms with E-state index in [1.807, 2.05) is 23.9 Å². The monoisotopic (exact) mass is 354 g/mol. The van der Waals surface area contributed by atoms with E-state index in [9.17, 15) is 9.59 Å². The maximum absolute atomic E-state index is 12.3. The Morgan fingerprint density at radius 1 is 1.19 bits per heavy atom. The molecule has 0 spiro atoms. The van der Waals surface area contributed by atoms with Gasteiger partial charge < -0.3 is 14.7 Å². The van der Waals surface area contributed by atoms with Gasteiger partial charge in [0.05, 0.1) is 12.1 Å². The molecule has 1 fully saturated rings. The summed E-state index contributed by atoms with van der Waals surface area (Å²) in [4.78, 5) is 33.8. The van der Waals surface area contributed by atoms with Gasteiger partial charge in [0.15, 0.2) is 0 Å². The quantitative estimate of drug-likeness (QED) is 0.749. The van der Waals surface area contributed by atoms with E-state index < -0.39 is 0 Å². The maximum Gasteiger partial charge on any atom is 0.255 e. The van der Waals surface area contributed by atoms with Gasteiger partial charge in [0.1, 0.15) is 4.60 Å². The average Bonchev–Trinajstić information content (AvgIpc) is 2.47. The van der Waals surface area contributed by atoms with Crippen LogP contribution in [0.1, 0.15) is 10.4 Å². The van der Waals surface area contributed by atoms with Crippen molar-refractivity contribution in [1.82, 2.24) is 19.7 Å². The van der Waals surface area contributed by atoms with Gasteiger partial charge in [-0.3, -0.25) is 9.59 Å². The molecule has 21 heavy (non-hydrogen) atoms. The van der Waals surface area contributed by atoms with Crippen molar-refractivity contribution in [2.24, 2.45) is 0 Å². The smallest absolute Gasteiger partial charge is 0.255 e. The first-order chi connectivity index (χ1) is 9.97. The minimum Gasteiger partial charge on any atom is -0.338 e. The molecule has 0 atom stereocenters. The van der Waals surface area contributed by atoms with Crippen molar-refractivity contribution in [3.63, 3.8) is 0 Å². The predicted octanol–water partition coefficient (Wildman–Crippen LogP) is 0.690. The first kappa shape index (κ1) is 15.9. The predicted molar refractivity (Wildman–Crippen MR) is 83.0 cm³/mol. The number of likely N-dealkylation sites (N-methyl/N-ethyl adjacent to an activating group) is 1. The van der Waals surface area contributed by atoms with Crippen LogP contribution in [-0.4, -0.2) is 78.3 Å². The molecule has 1 aliphatic rings. The van der Waals surface area contributed by atoms with Crippen LogP contribution in [0.5, 0.6) is 0 Å². The number of carbonyl (C=O) groups excluding carboxylic acids is 2. The highest BCUT2D eigenvalue weighted by molar-refractivity contribution is 9.10. The molecular weight excluding hydrogens is 336 g/mol. The molecule has 0 unspecified atom stereocenters. The Kier molecular flexibility index (Phi) is 5.30. The van der Waals surface area contributed by atoms with Crippen molar-refractivity contribution < 1.29 is 9.59 Å². The van der Waals surface area contributed by atoms with Crippen LogP contribution < -0.4 is 0 Å². The van der Waals surface area contributed by atoms with Gasteiger partial charge in [-0.2, -0.15) is 0 Å². The summed E-state index contributed by atoms with van der Waals surface area (Å²) >= 11 is 3.25. The molecule has 1 aromatic heterocycles. The summed E-state index contributed by atoms with van der Waals surface area (Å²) in [7, 11) is 3.75. The minimum atomic E-state index is -0.0327. The third-order valence-electron chi connectivity index (χ3n) is 3.35. The van der Waals surface area contributed by atoms with E-state index in [0.29, 0.717) is 42.9 Å². The molecule has 0 aromatic carbocycles. The normalized spacial score (nSPS) is 15.4. The van der Waals surface area contributed by atoms with E-state index in [1.54, 1.807) is 23.2 Å². The zero-order valence-corrected chi connectivity index (χ0v) is 13.8. The van der Waals surface area contributed by atoms with E-state index in [-0.39, 0.29) is 11.8 Å². The summed E-state index contributed by atoms with van der Waals surface area (Å²) in [5.74, 6) is 0.0760. The third kappa shape index (κ3) is 4.25. The number of hydrogen-bond acceptors (Lipinski definition) is 4. The van der Waals surface area contributed by atoms with Crippen molar-refractivity contribution in [2.75, 3.05) is 46.8 Å². The highest BCUT2D eigenvalue weighted by Crippen LogP contribution is 2.11. The fourth-order valence-corrected chi connectivity index (χ4v) is 2.45. The molecule has 7 heteroatoms. The van der Waals surface area contributed by atoms with Crippen LogP contribution in [0.2, 0.25) is 0 Å². The SMILES string of the molecule is CN(C)CC(=O)N1CCN(C(=O)c2ccc(Br)nc2)CC1. The summed E-state index contributed by atoms with van der Waals surface area (Å²) in [6.07, 6.45) is 1.57.